The minimum atomic E-state index is 0.471. The van der Waals surface area contributed by atoms with Crippen LogP contribution in [0.15, 0.2) is 6.20 Å². The van der Waals surface area contributed by atoms with Gasteiger partial charge in [0, 0.05) is 25.9 Å². The zero-order chi connectivity index (χ0) is 10.4. The summed E-state index contributed by atoms with van der Waals surface area (Å²) in [6, 6.07) is 0.471. The monoisotopic (exact) mass is 198 g/mol. The number of nitrogens with zero attached hydrogens (tertiary/aromatic N) is 3. The fraction of sp³-hybridized carbons (Fsp3) is 0.778. The zero-order valence-electron chi connectivity index (χ0n) is 9.03. The molecule has 0 aliphatic heterocycles. The summed E-state index contributed by atoms with van der Waals surface area (Å²) in [6.45, 7) is 6.40. The van der Waals surface area contributed by atoms with Gasteiger partial charge in [0.25, 0.3) is 0 Å². The average molecular weight is 198 g/mol. The summed E-state index contributed by atoms with van der Waals surface area (Å²) in [5, 5.41) is 11.3. The van der Waals surface area contributed by atoms with Gasteiger partial charge in [0.15, 0.2) is 0 Å². The predicted octanol–water partition coefficient (Wildman–Crippen LogP) is 0.422. The first kappa shape index (κ1) is 11.1. The molecule has 1 N–H and O–H groups in total. The standard InChI is InChI=1S/C9H18N4O/c1-8(2)10-6-9-7-13(12-11-9)4-5-14-3/h7-8,10H,4-6H2,1-3H3. The van der Waals surface area contributed by atoms with Crippen LogP contribution in [0.1, 0.15) is 19.5 Å². The third-order valence-corrected chi connectivity index (χ3v) is 1.80. The molecule has 0 unspecified atom stereocenters. The lowest BCUT2D eigenvalue weighted by molar-refractivity contribution is 0.183. The lowest BCUT2D eigenvalue weighted by Gasteiger charge is -2.04. The Labute approximate surface area is 84.4 Å². The van der Waals surface area contributed by atoms with E-state index in [9.17, 15) is 0 Å². The minimum Gasteiger partial charge on any atom is -0.383 e. The fourth-order valence-corrected chi connectivity index (χ4v) is 1.02. The van der Waals surface area contributed by atoms with Crippen molar-refractivity contribution in [3.05, 3.63) is 11.9 Å². The second-order valence-corrected chi connectivity index (χ2v) is 3.50. The second kappa shape index (κ2) is 5.72. The second-order valence-electron chi connectivity index (χ2n) is 3.50. The maximum Gasteiger partial charge on any atom is 0.0964 e. The van der Waals surface area contributed by atoms with Gasteiger partial charge in [0.1, 0.15) is 0 Å². The van der Waals surface area contributed by atoms with E-state index in [4.69, 9.17) is 4.74 Å². The van der Waals surface area contributed by atoms with Crippen molar-refractivity contribution in [2.75, 3.05) is 13.7 Å². The number of ether oxygens (including phenoxy) is 1. The van der Waals surface area contributed by atoms with Crippen molar-refractivity contribution in [2.24, 2.45) is 0 Å². The van der Waals surface area contributed by atoms with Crippen molar-refractivity contribution in [3.63, 3.8) is 0 Å². The van der Waals surface area contributed by atoms with Crippen molar-refractivity contribution < 1.29 is 4.74 Å². The summed E-state index contributed by atoms with van der Waals surface area (Å²) >= 11 is 0. The van der Waals surface area contributed by atoms with Crippen LogP contribution in [0.5, 0.6) is 0 Å². The molecule has 0 amide bonds. The topological polar surface area (TPSA) is 52.0 Å². The van der Waals surface area contributed by atoms with Gasteiger partial charge in [-0.15, -0.1) is 5.10 Å². The molecule has 1 rings (SSSR count). The SMILES string of the molecule is COCCn1cc(CNC(C)C)nn1. The molecule has 0 radical (unpaired) electrons. The molecule has 0 saturated heterocycles. The largest absolute Gasteiger partial charge is 0.383 e. The molecule has 5 heteroatoms. The minimum absolute atomic E-state index is 0.471. The Morgan fingerprint density at radius 2 is 2.36 bits per heavy atom. The number of aromatic nitrogens is 3. The van der Waals surface area contributed by atoms with Crippen LogP contribution in [0.25, 0.3) is 0 Å². The Hall–Kier alpha value is -0.940. The van der Waals surface area contributed by atoms with E-state index in [1.54, 1.807) is 11.8 Å². The maximum absolute atomic E-state index is 4.95. The van der Waals surface area contributed by atoms with Gasteiger partial charge in [0.05, 0.1) is 18.8 Å². The molecule has 14 heavy (non-hydrogen) atoms. The van der Waals surface area contributed by atoms with Crippen molar-refractivity contribution in [3.8, 4) is 0 Å². The van der Waals surface area contributed by atoms with Crippen LogP contribution in [0.3, 0.4) is 0 Å². The summed E-state index contributed by atoms with van der Waals surface area (Å²) in [5.41, 5.74) is 0.967. The highest BCUT2D eigenvalue weighted by atomic mass is 16.5. The molecule has 1 aromatic heterocycles. The van der Waals surface area contributed by atoms with Crippen molar-refractivity contribution in [1.29, 1.82) is 0 Å². The molecule has 0 aromatic carbocycles. The van der Waals surface area contributed by atoms with Crippen LogP contribution in [-0.4, -0.2) is 34.8 Å². The van der Waals surface area contributed by atoms with Crippen molar-refractivity contribution >= 4 is 0 Å². The molecule has 0 aliphatic rings. The quantitative estimate of drug-likeness (QED) is 0.720. The summed E-state index contributed by atoms with van der Waals surface area (Å²) in [7, 11) is 1.68. The highest BCUT2D eigenvalue weighted by Crippen LogP contribution is 1.93. The van der Waals surface area contributed by atoms with E-state index in [0.29, 0.717) is 12.6 Å². The van der Waals surface area contributed by atoms with Crippen molar-refractivity contribution in [2.45, 2.75) is 33.0 Å². The molecule has 80 valence electrons. The number of nitrogens with one attached hydrogen (secondary N) is 1. The molecule has 0 spiro atoms. The van der Waals surface area contributed by atoms with E-state index in [1.165, 1.54) is 0 Å². The lowest BCUT2D eigenvalue weighted by atomic mass is 10.3. The molecule has 0 bridgehead atoms. The van der Waals surface area contributed by atoms with Gasteiger partial charge in [-0.1, -0.05) is 19.1 Å². The van der Waals surface area contributed by atoms with E-state index in [2.05, 4.69) is 29.5 Å². The zero-order valence-corrected chi connectivity index (χ0v) is 9.03. The van der Waals surface area contributed by atoms with Gasteiger partial charge in [-0.25, -0.2) is 4.68 Å². The smallest absolute Gasteiger partial charge is 0.0964 e. The Kier molecular flexibility index (Phi) is 4.55. The highest BCUT2D eigenvalue weighted by molar-refractivity contribution is 4.91. The lowest BCUT2D eigenvalue weighted by Crippen LogP contribution is -2.21. The van der Waals surface area contributed by atoms with Crippen LogP contribution in [0.2, 0.25) is 0 Å². The van der Waals surface area contributed by atoms with Crippen LogP contribution in [-0.2, 0) is 17.8 Å². The molecule has 0 aliphatic carbocycles. The van der Waals surface area contributed by atoms with Crippen LogP contribution in [0, 0.1) is 0 Å². The fourth-order valence-electron chi connectivity index (χ4n) is 1.02. The summed E-state index contributed by atoms with van der Waals surface area (Å²) in [5.74, 6) is 0. The van der Waals surface area contributed by atoms with Crippen molar-refractivity contribution in [1.82, 2.24) is 20.3 Å². The van der Waals surface area contributed by atoms with E-state index < -0.39 is 0 Å². The van der Waals surface area contributed by atoms with Gasteiger partial charge in [-0.05, 0) is 0 Å². The maximum atomic E-state index is 4.95. The number of methoxy groups -OCH3 is 1. The summed E-state index contributed by atoms with van der Waals surface area (Å²) < 4.78 is 6.74. The van der Waals surface area contributed by atoms with Gasteiger partial charge in [-0.2, -0.15) is 0 Å². The highest BCUT2D eigenvalue weighted by Gasteiger charge is 2.00. The van der Waals surface area contributed by atoms with Crippen LogP contribution in [0.4, 0.5) is 0 Å². The average Bonchev–Trinajstić information content (AvgIpc) is 2.59. The Balaban J connectivity index is 2.35. The molecular weight excluding hydrogens is 180 g/mol. The predicted molar refractivity (Wildman–Crippen MR) is 53.9 cm³/mol. The van der Waals surface area contributed by atoms with Gasteiger partial charge in [-0.3, -0.25) is 0 Å². The number of hydrogen-bond donors (Lipinski definition) is 1. The molecular formula is C9H18N4O. The first-order valence-corrected chi connectivity index (χ1v) is 4.83. The Bertz CT molecular complexity index is 259. The first-order valence-electron chi connectivity index (χ1n) is 4.83. The molecule has 0 saturated carbocycles. The Morgan fingerprint density at radius 3 is 3.00 bits per heavy atom. The molecule has 5 nitrogen and oxygen atoms in total. The normalized spacial score (nSPS) is 11.1. The van der Waals surface area contributed by atoms with E-state index in [-0.39, 0.29) is 0 Å². The molecule has 0 fully saturated rings. The van der Waals surface area contributed by atoms with E-state index >= 15 is 0 Å². The number of rotatable bonds is 6. The first-order chi connectivity index (χ1) is 6.72. The van der Waals surface area contributed by atoms with Gasteiger partial charge < -0.3 is 10.1 Å². The molecule has 1 heterocycles. The molecule has 0 atom stereocenters. The molecule has 1 aromatic rings. The third-order valence-electron chi connectivity index (χ3n) is 1.80. The third kappa shape index (κ3) is 3.85. The van der Waals surface area contributed by atoms with Crippen LogP contribution >= 0.6 is 0 Å². The number of hydrogen-bond acceptors (Lipinski definition) is 4. The van der Waals surface area contributed by atoms with Gasteiger partial charge >= 0.3 is 0 Å². The van der Waals surface area contributed by atoms with E-state index in [1.807, 2.05) is 6.20 Å². The summed E-state index contributed by atoms with van der Waals surface area (Å²) in [4.78, 5) is 0. The van der Waals surface area contributed by atoms with E-state index in [0.717, 1.165) is 18.8 Å². The Morgan fingerprint density at radius 1 is 1.57 bits per heavy atom. The van der Waals surface area contributed by atoms with Gasteiger partial charge in [0.2, 0.25) is 0 Å². The summed E-state index contributed by atoms with van der Waals surface area (Å²) in [6.07, 6.45) is 1.94. The van der Waals surface area contributed by atoms with Crippen LogP contribution < -0.4 is 5.32 Å².